The molecule has 13 heavy (non-hydrogen) atoms. The van der Waals surface area contributed by atoms with Gasteiger partial charge in [0.05, 0.1) is 6.26 Å². The average molecular weight is 312 g/mol. The maximum absolute atomic E-state index is 10.8. The second kappa shape index (κ2) is 3.83. The maximum atomic E-state index is 10.8. The topological polar surface area (TPSA) is 43.4 Å². The van der Waals surface area contributed by atoms with E-state index >= 15 is 0 Å². The van der Waals surface area contributed by atoms with Crippen LogP contribution in [-0.4, -0.2) is 14.7 Å². The minimum atomic E-state index is -3.41. The van der Waals surface area contributed by atoms with Gasteiger partial charge in [0.25, 0.3) is 0 Å². The van der Waals surface area contributed by atoms with Gasteiger partial charge in [-0.15, -0.1) is 0 Å². The first-order valence-corrected chi connectivity index (χ1v) is 6.43. The van der Waals surface area contributed by atoms with Crippen LogP contribution >= 0.6 is 22.6 Å². The summed E-state index contributed by atoms with van der Waals surface area (Å²) in [6.07, 6.45) is 1.03. The molecule has 0 spiro atoms. The molecule has 0 atom stereocenters. The summed E-state index contributed by atoms with van der Waals surface area (Å²) in [6, 6.07) is 5.15. The van der Waals surface area contributed by atoms with Crippen LogP contribution in [0.4, 0.5) is 0 Å². The molecule has 0 aliphatic heterocycles. The minimum absolute atomic E-state index is 0.361. The number of halogens is 1. The second-order valence-electron chi connectivity index (χ2n) is 2.70. The Morgan fingerprint density at radius 2 is 2.00 bits per heavy atom. The van der Waals surface area contributed by atoms with E-state index in [4.69, 9.17) is 4.18 Å². The van der Waals surface area contributed by atoms with Crippen molar-refractivity contribution in [3.63, 3.8) is 0 Å². The van der Waals surface area contributed by atoms with Gasteiger partial charge in [-0.1, -0.05) is 0 Å². The van der Waals surface area contributed by atoms with Gasteiger partial charge in [-0.2, -0.15) is 8.42 Å². The molecule has 0 N–H and O–H groups in total. The van der Waals surface area contributed by atoms with Crippen LogP contribution in [0.15, 0.2) is 18.2 Å². The Morgan fingerprint density at radius 3 is 2.46 bits per heavy atom. The lowest BCUT2D eigenvalue weighted by atomic mass is 10.2. The van der Waals surface area contributed by atoms with Gasteiger partial charge in [0.2, 0.25) is 0 Å². The van der Waals surface area contributed by atoms with E-state index in [-0.39, 0.29) is 0 Å². The third-order valence-corrected chi connectivity index (χ3v) is 3.08. The number of rotatable bonds is 2. The van der Waals surface area contributed by atoms with Crippen molar-refractivity contribution in [3.8, 4) is 5.75 Å². The molecular weight excluding hydrogens is 303 g/mol. The molecule has 0 aliphatic rings. The van der Waals surface area contributed by atoms with E-state index in [1.165, 1.54) is 0 Å². The predicted molar refractivity (Wildman–Crippen MR) is 59.4 cm³/mol. The van der Waals surface area contributed by atoms with E-state index in [2.05, 4.69) is 22.6 Å². The van der Waals surface area contributed by atoms with Crippen LogP contribution in [0.25, 0.3) is 0 Å². The highest BCUT2D eigenvalue weighted by Crippen LogP contribution is 2.19. The maximum Gasteiger partial charge on any atom is 0.306 e. The molecule has 0 aromatic heterocycles. The van der Waals surface area contributed by atoms with Crippen LogP contribution in [0, 0.1) is 10.5 Å². The molecular formula is C8H9IO3S. The Morgan fingerprint density at radius 1 is 1.38 bits per heavy atom. The van der Waals surface area contributed by atoms with E-state index in [0.29, 0.717) is 5.75 Å². The summed E-state index contributed by atoms with van der Waals surface area (Å²) < 4.78 is 27.3. The summed E-state index contributed by atoms with van der Waals surface area (Å²) in [7, 11) is -3.41. The molecule has 1 rings (SSSR count). The van der Waals surface area contributed by atoms with Crippen molar-refractivity contribution in [2.24, 2.45) is 0 Å². The van der Waals surface area contributed by atoms with Crippen molar-refractivity contribution in [1.29, 1.82) is 0 Å². The molecule has 0 fully saturated rings. The quantitative estimate of drug-likeness (QED) is 0.619. The lowest BCUT2D eigenvalue weighted by Gasteiger charge is -2.04. The Balaban J connectivity index is 2.99. The SMILES string of the molecule is Cc1cc(OS(C)(=O)=O)ccc1I. The largest absolute Gasteiger partial charge is 0.383 e. The summed E-state index contributed by atoms with van der Waals surface area (Å²) in [5.74, 6) is 0.361. The molecule has 1 aromatic carbocycles. The van der Waals surface area contributed by atoms with Crippen LogP contribution in [0.5, 0.6) is 5.75 Å². The van der Waals surface area contributed by atoms with E-state index in [1.54, 1.807) is 12.1 Å². The van der Waals surface area contributed by atoms with Crippen LogP contribution in [0.2, 0.25) is 0 Å². The summed E-state index contributed by atoms with van der Waals surface area (Å²) in [5, 5.41) is 0. The molecule has 5 heteroatoms. The van der Waals surface area contributed by atoms with Gasteiger partial charge in [0.15, 0.2) is 0 Å². The lowest BCUT2D eigenvalue weighted by molar-refractivity contribution is 0.493. The fourth-order valence-corrected chi connectivity index (χ4v) is 1.63. The molecule has 0 saturated carbocycles. The fourth-order valence-electron chi connectivity index (χ4n) is 0.844. The summed E-state index contributed by atoms with van der Waals surface area (Å²) >= 11 is 2.17. The van der Waals surface area contributed by atoms with Crippen molar-refractivity contribution in [2.45, 2.75) is 6.92 Å². The van der Waals surface area contributed by atoms with Crippen LogP contribution < -0.4 is 4.18 Å². The molecule has 0 aliphatic carbocycles. The zero-order valence-corrected chi connectivity index (χ0v) is 10.2. The molecule has 0 unspecified atom stereocenters. The van der Waals surface area contributed by atoms with E-state index < -0.39 is 10.1 Å². The van der Waals surface area contributed by atoms with Crippen molar-refractivity contribution in [3.05, 3.63) is 27.3 Å². The van der Waals surface area contributed by atoms with Crippen LogP contribution in [-0.2, 0) is 10.1 Å². The smallest absolute Gasteiger partial charge is 0.306 e. The first kappa shape index (κ1) is 10.8. The highest BCUT2D eigenvalue weighted by Gasteiger charge is 2.04. The first-order chi connectivity index (χ1) is 5.88. The summed E-state index contributed by atoms with van der Waals surface area (Å²) in [6.45, 7) is 1.90. The molecule has 0 radical (unpaired) electrons. The lowest BCUT2D eigenvalue weighted by Crippen LogP contribution is -2.05. The zero-order valence-electron chi connectivity index (χ0n) is 7.24. The van der Waals surface area contributed by atoms with E-state index in [0.717, 1.165) is 15.4 Å². The number of aryl methyl sites for hydroxylation is 1. The fraction of sp³-hybridized carbons (Fsp3) is 0.250. The van der Waals surface area contributed by atoms with E-state index in [1.807, 2.05) is 13.0 Å². The standard InChI is InChI=1S/C8H9IO3S/c1-6-5-7(3-4-8(6)9)12-13(2,10)11/h3-5H,1-2H3. The summed E-state index contributed by atoms with van der Waals surface area (Å²) in [4.78, 5) is 0. The van der Waals surface area contributed by atoms with Gasteiger partial charge < -0.3 is 4.18 Å². The van der Waals surface area contributed by atoms with Crippen LogP contribution in [0.1, 0.15) is 5.56 Å². The molecule has 72 valence electrons. The highest BCUT2D eigenvalue weighted by molar-refractivity contribution is 14.1. The molecule has 1 aromatic rings. The van der Waals surface area contributed by atoms with Gasteiger partial charge in [-0.25, -0.2) is 0 Å². The Kier molecular flexibility index (Phi) is 3.18. The normalized spacial score (nSPS) is 11.3. The highest BCUT2D eigenvalue weighted by atomic mass is 127. The monoisotopic (exact) mass is 312 g/mol. The van der Waals surface area contributed by atoms with E-state index in [9.17, 15) is 8.42 Å². The third-order valence-electron chi connectivity index (χ3n) is 1.38. The van der Waals surface area contributed by atoms with Crippen LogP contribution in [0.3, 0.4) is 0 Å². The molecule has 0 bridgehead atoms. The number of benzene rings is 1. The number of hydrogen-bond donors (Lipinski definition) is 0. The van der Waals surface area contributed by atoms with Gasteiger partial charge >= 0.3 is 10.1 Å². The van der Waals surface area contributed by atoms with Gasteiger partial charge in [0.1, 0.15) is 5.75 Å². The van der Waals surface area contributed by atoms with Crippen molar-refractivity contribution in [2.75, 3.05) is 6.26 Å². The second-order valence-corrected chi connectivity index (χ2v) is 5.44. The average Bonchev–Trinajstić information content (AvgIpc) is 1.94. The number of hydrogen-bond acceptors (Lipinski definition) is 3. The zero-order chi connectivity index (χ0) is 10.1. The predicted octanol–water partition coefficient (Wildman–Crippen LogP) is 1.94. The molecule has 0 heterocycles. The Labute approximate surface area is 91.4 Å². The van der Waals surface area contributed by atoms with Crippen molar-refractivity contribution >= 4 is 32.7 Å². The first-order valence-electron chi connectivity index (χ1n) is 3.54. The molecule has 0 saturated heterocycles. The summed E-state index contributed by atoms with van der Waals surface area (Å²) in [5.41, 5.74) is 1.00. The van der Waals surface area contributed by atoms with Gasteiger partial charge in [0, 0.05) is 3.57 Å². The van der Waals surface area contributed by atoms with Gasteiger partial charge in [-0.3, -0.25) is 0 Å². The van der Waals surface area contributed by atoms with Crippen molar-refractivity contribution in [1.82, 2.24) is 0 Å². The van der Waals surface area contributed by atoms with Crippen molar-refractivity contribution < 1.29 is 12.6 Å². The minimum Gasteiger partial charge on any atom is -0.383 e. The van der Waals surface area contributed by atoms with Gasteiger partial charge in [-0.05, 0) is 53.3 Å². The Bertz CT molecular complexity index is 411. The molecule has 3 nitrogen and oxygen atoms in total. The third kappa shape index (κ3) is 3.51. The molecule has 0 amide bonds. The Hall–Kier alpha value is -0.300.